The molecular formula is C16H11Br2F2NO3. The summed E-state index contributed by atoms with van der Waals surface area (Å²) in [6.45, 7) is 1.28. The maximum Gasteiger partial charge on any atom is 0.341 e. The van der Waals surface area contributed by atoms with Gasteiger partial charge in [-0.1, -0.05) is 0 Å². The second-order valence-electron chi connectivity index (χ2n) is 4.85. The van der Waals surface area contributed by atoms with E-state index in [0.29, 0.717) is 20.7 Å². The number of anilines is 1. The number of esters is 1. The maximum atomic E-state index is 13.5. The first kappa shape index (κ1) is 18.5. The molecule has 0 aliphatic heterocycles. The Morgan fingerprint density at radius 2 is 1.75 bits per heavy atom. The zero-order chi connectivity index (χ0) is 17.9. The molecule has 0 fully saturated rings. The first-order valence-corrected chi connectivity index (χ1v) is 8.24. The highest BCUT2D eigenvalue weighted by atomic mass is 79.9. The fraction of sp³-hybridized carbons (Fsp3) is 0.125. The van der Waals surface area contributed by atoms with E-state index in [4.69, 9.17) is 4.74 Å². The smallest absolute Gasteiger partial charge is 0.341 e. The minimum Gasteiger partial charge on any atom is -0.452 e. The molecule has 0 aliphatic rings. The van der Waals surface area contributed by atoms with E-state index in [9.17, 15) is 18.4 Å². The second kappa shape index (κ2) is 7.85. The lowest BCUT2D eigenvalue weighted by Crippen LogP contribution is -2.21. The molecule has 8 heteroatoms. The Morgan fingerprint density at radius 3 is 2.33 bits per heavy atom. The third-order valence-electron chi connectivity index (χ3n) is 2.94. The van der Waals surface area contributed by atoms with Crippen LogP contribution in [0, 0.1) is 18.6 Å². The van der Waals surface area contributed by atoms with Crippen LogP contribution in [0.2, 0.25) is 0 Å². The molecule has 2 aromatic carbocycles. The molecule has 0 saturated carbocycles. The summed E-state index contributed by atoms with van der Waals surface area (Å²) in [6.07, 6.45) is 0. The molecule has 1 N–H and O–H groups in total. The van der Waals surface area contributed by atoms with Gasteiger partial charge in [-0.05, 0) is 68.6 Å². The van der Waals surface area contributed by atoms with E-state index in [1.807, 2.05) is 6.92 Å². The number of hydrogen-bond acceptors (Lipinski definition) is 3. The summed E-state index contributed by atoms with van der Waals surface area (Å²) in [4.78, 5) is 23.6. The number of aryl methyl sites for hydroxylation is 1. The highest BCUT2D eigenvalue weighted by Gasteiger charge is 2.16. The molecule has 0 aromatic heterocycles. The highest BCUT2D eigenvalue weighted by Crippen LogP contribution is 2.32. The lowest BCUT2D eigenvalue weighted by Gasteiger charge is -2.11. The summed E-state index contributed by atoms with van der Waals surface area (Å²) >= 11 is 6.64. The Balaban J connectivity index is 2.00. The van der Waals surface area contributed by atoms with E-state index in [0.717, 1.165) is 17.7 Å². The van der Waals surface area contributed by atoms with Gasteiger partial charge < -0.3 is 10.1 Å². The number of carbonyl (C=O) groups excluding carboxylic acids is 2. The SMILES string of the molecule is Cc1cc(Br)c(NC(=O)COC(=O)c2ccc(F)cc2F)c(Br)c1. The van der Waals surface area contributed by atoms with Crippen LogP contribution < -0.4 is 5.32 Å². The van der Waals surface area contributed by atoms with Gasteiger partial charge in [0.15, 0.2) is 6.61 Å². The lowest BCUT2D eigenvalue weighted by atomic mass is 10.2. The predicted molar refractivity (Wildman–Crippen MR) is 91.8 cm³/mol. The van der Waals surface area contributed by atoms with Crippen LogP contribution in [0.1, 0.15) is 15.9 Å². The number of amides is 1. The largest absolute Gasteiger partial charge is 0.452 e. The van der Waals surface area contributed by atoms with Gasteiger partial charge in [0, 0.05) is 15.0 Å². The van der Waals surface area contributed by atoms with Crippen molar-refractivity contribution in [3.63, 3.8) is 0 Å². The number of hydrogen-bond donors (Lipinski definition) is 1. The summed E-state index contributed by atoms with van der Waals surface area (Å²) in [5.41, 5.74) is 1.02. The van der Waals surface area contributed by atoms with Gasteiger partial charge >= 0.3 is 5.97 Å². The van der Waals surface area contributed by atoms with E-state index >= 15 is 0 Å². The number of benzene rings is 2. The van der Waals surface area contributed by atoms with Crippen molar-refractivity contribution in [3.05, 3.63) is 62.0 Å². The summed E-state index contributed by atoms with van der Waals surface area (Å²) < 4.78 is 32.3. The van der Waals surface area contributed by atoms with Crippen molar-refractivity contribution in [2.75, 3.05) is 11.9 Å². The van der Waals surface area contributed by atoms with E-state index in [1.165, 1.54) is 0 Å². The summed E-state index contributed by atoms with van der Waals surface area (Å²) in [7, 11) is 0. The molecule has 0 spiro atoms. The van der Waals surface area contributed by atoms with Crippen molar-refractivity contribution in [2.24, 2.45) is 0 Å². The summed E-state index contributed by atoms with van der Waals surface area (Å²) in [5, 5.41) is 2.57. The molecule has 126 valence electrons. The molecular weight excluding hydrogens is 452 g/mol. The summed E-state index contributed by atoms with van der Waals surface area (Å²) in [5.74, 6) is -3.51. The minimum absolute atomic E-state index is 0.443. The fourth-order valence-corrected chi connectivity index (χ4v) is 3.47. The molecule has 1 amide bonds. The van der Waals surface area contributed by atoms with Crippen LogP contribution in [0.4, 0.5) is 14.5 Å². The molecule has 0 saturated heterocycles. The van der Waals surface area contributed by atoms with Crippen molar-refractivity contribution >= 4 is 49.4 Å². The Morgan fingerprint density at radius 1 is 1.12 bits per heavy atom. The van der Waals surface area contributed by atoms with Crippen LogP contribution in [-0.2, 0) is 9.53 Å². The van der Waals surface area contributed by atoms with Gasteiger partial charge in [0.1, 0.15) is 11.6 Å². The molecule has 2 aromatic rings. The average Bonchev–Trinajstić information content (AvgIpc) is 2.48. The molecule has 0 aliphatic carbocycles. The third kappa shape index (κ3) is 4.61. The van der Waals surface area contributed by atoms with Crippen LogP contribution in [-0.4, -0.2) is 18.5 Å². The molecule has 0 radical (unpaired) electrons. The molecule has 0 bridgehead atoms. The van der Waals surface area contributed by atoms with Gasteiger partial charge in [-0.25, -0.2) is 13.6 Å². The minimum atomic E-state index is -1.05. The van der Waals surface area contributed by atoms with Gasteiger partial charge in [0.05, 0.1) is 11.3 Å². The maximum absolute atomic E-state index is 13.5. The monoisotopic (exact) mass is 461 g/mol. The van der Waals surface area contributed by atoms with E-state index < -0.39 is 35.7 Å². The first-order chi connectivity index (χ1) is 11.3. The van der Waals surface area contributed by atoms with Crippen LogP contribution in [0.3, 0.4) is 0 Å². The van der Waals surface area contributed by atoms with E-state index in [-0.39, 0.29) is 0 Å². The third-order valence-corrected chi connectivity index (χ3v) is 4.19. The Kier molecular flexibility index (Phi) is 6.06. The fourth-order valence-electron chi connectivity index (χ4n) is 1.86. The predicted octanol–water partition coefficient (Wildman–Crippen LogP) is 4.59. The number of ether oxygens (including phenoxy) is 1. The standard InChI is InChI=1S/C16H11Br2F2NO3/c1-8-4-11(17)15(12(18)5-8)21-14(22)7-24-16(23)10-3-2-9(19)6-13(10)20/h2-6H,7H2,1H3,(H,21,22). The van der Waals surface area contributed by atoms with E-state index in [2.05, 4.69) is 37.2 Å². The first-order valence-electron chi connectivity index (χ1n) is 6.65. The molecule has 4 nitrogen and oxygen atoms in total. The topological polar surface area (TPSA) is 55.4 Å². The molecule has 0 heterocycles. The van der Waals surface area contributed by atoms with Crippen LogP contribution in [0.25, 0.3) is 0 Å². The quantitative estimate of drug-likeness (QED) is 0.676. The van der Waals surface area contributed by atoms with Crippen molar-refractivity contribution in [2.45, 2.75) is 6.92 Å². The normalized spacial score (nSPS) is 10.4. The highest BCUT2D eigenvalue weighted by molar-refractivity contribution is 9.11. The Labute approximate surface area is 153 Å². The molecule has 0 unspecified atom stereocenters. The van der Waals surface area contributed by atoms with Gasteiger partial charge in [0.2, 0.25) is 0 Å². The molecule has 24 heavy (non-hydrogen) atoms. The molecule has 0 atom stereocenters. The van der Waals surface area contributed by atoms with Gasteiger partial charge in [-0.3, -0.25) is 4.79 Å². The van der Waals surface area contributed by atoms with Crippen molar-refractivity contribution in [3.8, 4) is 0 Å². The number of carbonyl (C=O) groups is 2. The number of rotatable bonds is 4. The second-order valence-corrected chi connectivity index (χ2v) is 6.56. The van der Waals surface area contributed by atoms with Crippen molar-refractivity contribution in [1.29, 1.82) is 0 Å². The van der Waals surface area contributed by atoms with Crippen LogP contribution in [0.5, 0.6) is 0 Å². The van der Waals surface area contributed by atoms with Gasteiger partial charge in [0.25, 0.3) is 5.91 Å². The summed E-state index contributed by atoms with van der Waals surface area (Å²) in [6, 6.07) is 6.07. The van der Waals surface area contributed by atoms with Crippen LogP contribution in [0.15, 0.2) is 39.3 Å². The number of halogens is 4. The zero-order valence-corrected chi connectivity index (χ0v) is 15.5. The van der Waals surface area contributed by atoms with E-state index in [1.54, 1.807) is 12.1 Å². The Hall–Kier alpha value is -1.80. The van der Waals surface area contributed by atoms with Crippen LogP contribution >= 0.6 is 31.9 Å². The number of nitrogens with one attached hydrogen (secondary N) is 1. The average molecular weight is 463 g/mol. The van der Waals surface area contributed by atoms with Gasteiger partial charge in [-0.2, -0.15) is 0 Å². The van der Waals surface area contributed by atoms with Gasteiger partial charge in [-0.15, -0.1) is 0 Å². The lowest BCUT2D eigenvalue weighted by molar-refractivity contribution is -0.119. The molecule has 2 rings (SSSR count). The van der Waals surface area contributed by atoms with Crippen molar-refractivity contribution in [1.82, 2.24) is 0 Å². The zero-order valence-electron chi connectivity index (χ0n) is 12.3. The Bertz CT molecular complexity index is 789. The van der Waals surface area contributed by atoms with Crippen molar-refractivity contribution < 1.29 is 23.1 Å².